The van der Waals surface area contributed by atoms with Crippen LogP contribution in [0.5, 0.6) is 5.75 Å². The monoisotopic (exact) mass is 420 g/mol. The van der Waals surface area contributed by atoms with Crippen LogP contribution < -0.4 is 10.5 Å². The van der Waals surface area contributed by atoms with Crippen molar-refractivity contribution in [2.75, 3.05) is 13.2 Å². The maximum Gasteiger partial charge on any atom is 0.144 e. The summed E-state index contributed by atoms with van der Waals surface area (Å²) in [4.78, 5) is 9.53. The number of amidine groups is 1. The number of nitrogens with one attached hydrogen (secondary N) is 1. The third kappa shape index (κ3) is 3.68. The molecule has 0 fully saturated rings. The number of aliphatic imine (C=N–C) groups is 1. The number of rotatable bonds is 7. The molecule has 0 aliphatic heterocycles. The molecule has 4 N–H and O–H groups in total. The van der Waals surface area contributed by atoms with E-state index in [4.69, 9.17) is 26.0 Å². The van der Waals surface area contributed by atoms with Gasteiger partial charge < -0.3 is 15.6 Å². The van der Waals surface area contributed by atoms with E-state index in [-0.39, 0.29) is 19.0 Å². The predicted octanol–water partition coefficient (Wildman–Crippen LogP) is 3.12. The van der Waals surface area contributed by atoms with Gasteiger partial charge in [-0.25, -0.2) is 14.5 Å². The lowest BCUT2D eigenvalue weighted by Crippen LogP contribution is -2.12. The number of aliphatic hydroxyl groups is 1. The Balaban J connectivity index is 1.90. The zero-order valence-corrected chi connectivity index (χ0v) is 17.1. The van der Waals surface area contributed by atoms with Gasteiger partial charge in [-0.2, -0.15) is 5.10 Å². The molecule has 0 saturated carbocycles. The molecule has 1 aromatic carbocycles. The molecule has 0 spiro atoms. The molecule has 4 rings (SSSR count). The number of aromatic nitrogens is 3. The number of thiazole rings is 1. The van der Waals surface area contributed by atoms with E-state index in [0.29, 0.717) is 16.3 Å². The maximum atomic E-state index is 9.02. The SMILES string of the molecule is Cc1nn2ccc(OCCO)cc2c1-c1nc(-c2ccccc2)c(C(N)=NC=N)s1. The number of hydrogen-bond acceptors (Lipinski definition) is 6. The predicted molar refractivity (Wildman–Crippen MR) is 119 cm³/mol. The van der Waals surface area contributed by atoms with Crippen molar-refractivity contribution in [3.8, 4) is 27.6 Å². The molecule has 0 unspecified atom stereocenters. The summed E-state index contributed by atoms with van der Waals surface area (Å²) in [5.74, 6) is 0.886. The van der Waals surface area contributed by atoms with Crippen LogP contribution in [0.1, 0.15) is 10.6 Å². The average Bonchev–Trinajstić information content (AvgIpc) is 3.33. The Morgan fingerprint density at radius 3 is 2.87 bits per heavy atom. The quantitative estimate of drug-likeness (QED) is 0.313. The summed E-state index contributed by atoms with van der Waals surface area (Å²) in [6, 6.07) is 13.4. The van der Waals surface area contributed by atoms with Gasteiger partial charge in [-0.1, -0.05) is 30.3 Å². The van der Waals surface area contributed by atoms with Gasteiger partial charge in [0.25, 0.3) is 0 Å². The van der Waals surface area contributed by atoms with Crippen molar-refractivity contribution in [1.82, 2.24) is 14.6 Å². The first-order valence-corrected chi connectivity index (χ1v) is 10.1. The molecule has 3 aromatic heterocycles. The molecule has 152 valence electrons. The lowest BCUT2D eigenvalue weighted by Gasteiger charge is -2.04. The van der Waals surface area contributed by atoms with Crippen molar-refractivity contribution in [2.45, 2.75) is 6.92 Å². The molecule has 0 bridgehead atoms. The highest BCUT2D eigenvalue weighted by atomic mass is 32.1. The molecule has 0 radical (unpaired) electrons. The van der Waals surface area contributed by atoms with Crippen LogP contribution in [0.15, 0.2) is 53.7 Å². The van der Waals surface area contributed by atoms with Gasteiger partial charge in [-0.3, -0.25) is 5.41 Å². The first-order valence-electron chi connectivity index (χ1n) is 9.24. The molecular formula is C21H20N6O2S. The van der Waals surface area contributed by atoms with Gasteiger partial charge in [-0.15, -0.1) is 11.3 Å². The zero-order valence-electron chi connectivity index (χ0n) is 16.2. The molecule has 0 atom stereocenters. The van der Waals surface area contributed by atoms with Crippen LogP contribution in [-0.2, 0) is 0 Å². The van der Waals surface area contributed by atoms with Gasteiger partial charge in [-0.05, 0) is 13.0 Å². The van der Waals surface area contributed by atoms with E-state index in [1.165, 1.54) is 11.3 Å². The number of nitrogens with two attached hydrogens (primary N) is 1. The van der Waals surface area contributed by atoms with E-state index < -0.39 is 0 Å². The number of hydrogen-bond donors (Lipinski definition) is 3. The topological polar surface area (TPSA) is 122 Å². The van der Waals surface area contributed by atoms with Crippen LogP contribution in [0.4, 0.5) is 0 Å². The first kappa shape index (κ1) is 19.7. The van der Waals surface area contributed by atoms with Gasteiger partial charge in [0.15, 0.2) is 0 Å². The van der Waals surface area contributed by atoms with Gasteiger partial charge in [0, 0.05) is 17.8 Å². The molecule has 4 aromatic rings. The van der Waals surface area contributed by atoms with E-state index in [1.54, 1.807) is 10.6 Å². The fourth-order valence-electron chi connectivity index (χ4n) is 3.18. The first-order chi connectivity index (χ1) is 14.6. The van der Waals surface area contributed by atoms with Gasteiger partial charge >= 0.3 is 0 Å². The third-order valence-corrected chi connectivity index (χ3v) is 5.56. The molecular weight excluding hydrogens is 400 g/mol. The summed E-state index contributed by atoms with van der Waals surface area (Å²) in [5.41, 5.74) is 10.3. The minimum atomic E-state index is -0.0573. The van der Waals surface area contributed by atoms with Crippen LogP contribution in [-0.4, -0.2) is 45.1 Å². The second-order valence-electron chi connectivity index (χ2n) is 6.43. The van der Waals surface area contributed by atoms with Gasteiger partial charge in [0.2, 0.25) is 0 Å². The van der Waals surface area contributed by atoms with Crippen LogP contribution in [0.3, 0.4) is 0 Å². The lowest BCUT2D eigenvalue weighted by molar-refractivity contribution is 0.201. The van der Waals surface area contributed by atoms with E-state index in [1.807, 2.05) is 49.5 Å². The molecule has 8 nitrogen and oxygen atoms in total. The molecule has 30 heavy (non-hydrogen) atoms. The summed E-state index contributed by atoms with van der Waals surface area (Å²) < 4.78 is 7.33. The molecule has 3 heterocycles. The van der Waals surface area contributed by atoms with Gasteiger partial charge in [0.1, 0.15) is 29.5 Å². The smallest absolute Gasteiger partial charge is 0.144 e. The van der Waals surface area contributed by atoms with Crippen LogP contribution in [0.25, 0.3) is 27.3 Å². The third-order valence-electron chi connectivity index (χ3n) is 4.47. The second kappa shape index (κ2) is 8.44. The highest BCUT2D eigenvalue weighted by molar-refractivity contribution is 7.17. The highest BCUT2D eigenvalue weighted by Gasteiger charge is 2.21. The molecule has 0 aliphatic rings. The van der Waals surface area contributed by atoms with Crippen molar-refractivity contribution >= 4 is 29.0 Å². The number of ether oxygens (including phenoxy) is 1. The minimum Gasteiger partial charge on any atom is -0.491 e. The number of nitrogens with zero attached hydrogens (tertiary/aromatic N) is 4. The molecule has 0 amide bonds. The zero-order chi connectivity index (χ0) is 21.1. The Bertz CT molecular complexity index is 1230. The fraction of sp³-hybridized carbons (Fsp3) is 0.143. The molecule has 9 heteroatoms. The summed E-state index contributed by atoms with van der Waals surface area (Å²) in [7, 11) is 0. The Kier molecular flexibility index (Phi) is 5.55. The maximum absolute atomic E-state index is 9.02. The van der Waals surface area contributed by atoms with Crippen LogP contribution in [0.2, 0.25) is 0 Å². The Morgan fingerprint density at radius 2 is 2.13 bits per heavy atom. The number of aryl methyl sites for hydroxylation is 1. The van der Waals surface area contributed by atoms with Crippen molar-refractivity contribution in [1.29, 1.82) is 5.41 Å². The molecule has 0 saturated heterocycles. The van der Waals surface area contributed by atoms with Gasteiger partial charge in [0.05, 0.1) is 34.0 Å². The number of benzene rings is 1. The Morgan fingerprint density at radius 1 is 1.33 bits per heavy atom. The van der Waals surface area contributed by atoms with E-state index in [2.05, 4.69) is 10.1 Å². The number of aliphatic hydroxyl groups excluding tert-OH is 1. The largest absolute Gasteiger partial charge is 0.491 e. The van der Waals surface area contributed by atoms with E-state index >= 15 is 0 Å². The highest BCUT2D eigenvalue weighted by Crippen LogP contribution is 2.37. The van der Waals surface area contributed by atoms with Crippen molar-refractivity contribution < 1.29 is 9.84 Å². The summed E-state index contributed by atoms with van der Waals surface area (Å²) in [6.45, 7) is 2.09. The minimum absolute atomic E-state index is 0.0573. The van der Waals surface area contributed by atoms with E-state index in [0.717, 1.165) is 33.7 Å². The normalized spacial score (nSPS) is 11.7. The number of pyridine rings is 1. The number of fused-ring (bicyclic) bond motifs is 1. The Hall–Kier alpha value is -3.56. The standard InChI is InChI=1S/C21H20N6O2S/c1-13-17(16-11-15(29-10-9-28)7-8-27(16)26-13)21-25-18(14-5-3-2-4-6-14)19(30-21)20(23)24-12-22/h2-8,11-12,28H,9-10H2,1H3,(H3,22,23,24). The second-order valence-corrected chi connectivity index (χ2v) is 7.43. The average molecular weight is 420 g/mol. The fourth-order valence-corrected chi connectivity index (χ4v) is 4.28. The van der Waals surface area contributed by atoms with Crippen LogP contribution in [0, 0.1) is 12.3 Å². The van der Waals surface area contributed by atoms with Crippen molar-refractivity contribution in [3.05, 3.63) is 59.2 Å². The van der Waals surface area contributed by atoms with Crippen LogP contribution >= 0.6 is 11.3 Å². The summed E-state index contributed by atoms with van der Waals surface area (Å²) in [6.07, 6.45) is 2.74. The summed E-state index contributed by atoms with van der Waals surface area (Å²) >= 11 is 1.41. The Labute approximate surface area is 176 Å². The molecule has 0 aliphatic carbocycles. The van der Waals surface area contributed by atoms with Crippen molar-refractivity contribution in [2.24, 2.45) is 10.7 Å². The van der Waals surface area contributed by atoms with Crippen molar-refractivity contribution in [3.63, 3.8) is 0 Å². The summed E-state index contributed by atoms with van der Waals surface area (Å²) in [5, 5.41) is 21.6. The lowest BCUT2D eigenvalue weighted by atomic mass is 10.1. The van der Waals surface area contributed by atoms with E-state index in [9.17, 15) is 0 Å².